The van der Waals surface area contributed by atoms with E-state index in [0.29, 0.717) is 34.9 Å². The van der Waals surface area contributed by atoms with Crippen LogP contribution in [0.4, 0.5) is 0 Å². The van der Waals surface area contributed by atoms with Crippen LogP contribution in [0.1, 0.15) is 32.9 Å². The minimum absolute atomic E-state index is 0.304. The molecule has 162 valence electrons. The first-order valence-electron chi connectivity index (χ1n) is 9.68. The van der Waals surface area contributed by atoms with Crippen molar-refractivity contribution in [2.24, 2.45) is 5.10 Å². The van der Waals surface area contributed by atoms with Gasteiger partial charge in [-0.05, 0) is 49.7 Å². The Balaban J connectivity index is 1.65. The van der Waals surface area contributed by atoms with Gasteiger partial charge in [-0.1, -0.05) is 12.1 Å². The fraction of sp³-hybridized carbons (Fsp3) is 0.261. The van der Waals surface area contributed by atoms with Gasteiger partial charge in [-0.2, -0.15) is 10.2 Å². The topological polar surface area (TPSA) is 87.0 Å². The number of methoxy groups -OCH3 is 3. The molecule has 0 spiro atoms. The van der Waals surface area contributed by atoms with E-state index in [0.717, 1.165) is 17.0 Å². The van der Waals surface area contributed by atoms with Crippen molar-refractivity contribution >= 4 is 12.1 Å². The number of hydrogen-bond acceptors (Lipinski definition) is 6. The van der Waals surface area contributed by atoms with Crippen molar-refractivity contribution in [3.8, 4) is 17.2 Å². The third kappa shape index (κ3) is 5.22. The van der Waals surface area contributed by atoms with Gasteiger partial charge in [-0.25, -0.2) is 5.43 Å². The normalized spacial score (nSPS) is 10.9. The lowest BCUT2D eigenvalue weighted by atomic mass is 10.1. The second kappa shape index (κ2) is 9.80. The Labute approximate surface area is 181 Å². The summed E-state index contributed by atoms with van der Waals surface area (Å²) in [7, 11) is 4.62. The quantitative estimate of drug-likeness (QED) is 0.444. The van der Waals surface area contributed by atoms with E-state index >= 15 is 0 Å². The highest BCUT2D eigenvalue weighted by atomic mass is 16.5. The zero-order chi connectivity index (χ0) is 22.4. The van der Waals surface area contributed by atoms with Crippen molar-refractivity contribution in [2.45, 2.75) is 20.4 Å². The predicted octanol–water partition coefficient (Wildman–Crippen LogP) is 3.34. The molecule has 8 heteroatoms. The molecule has 0 fully saturated rings. The summed E-state index contributed by atoms with van der Waals surface area (Å²) in [4.78, 5) is 12.4. The maximum absolute atomic E-state index is 12.4. The zero-order valence-electron chi connectivity index (χ0n) is 18.3. The van der Waals surface area contributed by atoms with E-state index < -0.39 is 0 Å². The minimum atomic E-state index is -0.304. The van der Waals surface area contributed by atoms with Crippen LogP contribution in [-0.4, -0.2) is 43.2 Å². The van der Waals surface area contributed by atoms with Crippen LogP contribution < -0.4 is 19.6 Å². The Hall–Kier alpha value is -3.81. The van der Waals surface area contributed by atoms with Crippen LogP contribution in [0.5, 0.6) is 17.2 Å². The summed E-state index contributed by atoms with van der Waals surface area (Å²) >= 11 is 0. The maximum atomic E-state index is 12.4. The van der Waals surface area contributed by atoms with E-state index in [9.17, 15) is 4.79 Å². The largest absolute Gasteiger partial charge is 0.493 e. The van der Waals surface area contributed by atoms with Crippen molar-refractivity contribution in [3.63, 3.8) is 0 Å². The third-order valence-corrected chi connectivity index (χ3v) is 4.72. The van der Waals surface area contributed by atoms with Crippen molar-refractivity contribution in [3.05, 3.63) is 70.5 Å². The van der Waals surface area contributed by atoms with Crippen molar-refractivity contribution < 1.29 is 19.0 Å². The number of nitrogens with zero attached hydrogens (tertiary/aromatic N) is 3. The molecule has 0 saturated heterocycles. The van der Waals surface area contributed by atoms with Gasteiger partial charge >= 0.3 is 0 Å². The van der Waals surface area contributed by atoms with E-state index in [-0.39, 0.29) is 5.91 Å². The van der Waals surface area contributed by atoms with Crippen LogP contribution >= 0.6 is 0 Å². The summed E-state index contributed by atoms with van der Waals surface area (Å²) in [5, 5.41) is 8.50. The lowest BCUT2D eigenvalue weighted by Gasteiger charge is -2.12. The van der Waals surface area contributed by atoms with Gasteiger partial charge in [0.05, 0.1) is 39.8 Å². The van der Waals surface area contributed by atoms with Crippen LogP contribution in [0, 0.1) is 13.8 Å². The van der Waals surface area contributed by atoms with Gasteiger partial charge in [-0.3, -0.25) is 9.48 Å². The average Bonchev–Trinajstić information content (AvgIpc) is 3.09. The second-order valence-corrected chi connectivity index (χ2v) is 6.94. The number of carbonyl (C=O) groups excluding carboxylic acids is 1. The molecule has 0 unspecified atom stereocenters. The summed E-state index contributed by atoms with van der Waals surface area (Å²) in [5.74, 6) is 1.20. The highest BCUT2D eigenvalue weighted by Gasteiger charge is 2.12. The Morgan fingerprint density at radius 3 is 2.19 bits per heavy atom. The maximum Gasteiger partial charge on any atom is 0.271 e. The van der Waals surface area contributed by atoms with E-state index in [2.05, 4.69) is 15.6 Å². The van der Waals surface area contributed by atoms with Gasteiger partial charge in [0.2, 0.25) is 5.75 Å². The van der Waals surface area contributed by atoms with Gasteiger partial charge < -0.3 is 14.2 Å². The Kier molecular flexibility index (Phi) is 6.92. The molecule has 0 atom stereocenters. The molecule has 1 heterocycles. The first kappa shape index (κ1) is 21.9. The second-order valence-electron chi connectivity index (χ2n) is 6.94. The van der Waals surface area contributed by atoms with Crippen LogP contribution in [0.15, 0.2) is 47.6 Å². The SMILES string of the molecule is COc1cc(/C=N\NC(=O)c2ccc(Cn3nc(C)cc3C)cc2)cc(OC)c1OC. The first-order valence-corrected chi connectivity index (χ1v) is 9.68. The molecule has 3 rings (SSSR count). The number of hydrogen-bond donors (Lipinski definition) is 1. The average molecular weight is 422 g/mol. The molecule has 0 saturated carbocycles. The van der Waals surface area contributed by atoms with Gasteiger partial charge in [0.15, 0.2) is 11.5 Å². The smallest absolute Gasteiger partial charge is 0.271 e. The number of rotatable bonds is 8. The first-order chi connectivity index (χ1) is 14.9. The standard InChI is InChI=1S/C23H26N4O4/c1-15-10-16(2)27(26-15)14-17-6-8-19(9-7-17)23(28)25-24-13-18-11-20(29-3)22(31-5)21(12-18)30-4/h6-13H,14H2,1-5H3,(H,25,28)/b24-13-. The summed E-state index contributed by atoms with van der Waals surface area (Å²) in [5.41, 5.74) is 6.88. The van der Waals surface area contributed by atoms with Crippen molar-refractivity contribution in [2.75, 3.05) is 21.3 Å². The van der Waals surface area contributed by atoms with Gasteiger partial charge in [0.25, 0.3) is 5.91 Å². The van der Waals surface area contributed by atoms with Gasteiger partial charge in [-0.15, -0.1) is 0 Å². The van der Waals surface area contributed by atoms with Gasteiger partial charge in [0.1, 0.15) is 0 Å². The number of nitrogens with one attached hydrogen (secondary N) is 1. The fourth-order valence-corrected chi connectivity index (χ4v) is 3.18. The molecule has 2 aromatic carbocycles. The zero-order valence-corrected chi connectivity index (χ0v) is 18.3. The highest BCUT2D eigenvalue weighted by Crippen LogP contribution is 2.37. The summed E-state index contributed by atoms with van der Waals surface area (Å²) in [6, 6.07) is 12.9. The number of carbonyl (C=O) groups is 1. The highest BCUT2D eigenvalue weighted by molar-refractivity contribution is 5.95. The number of aryl methyl sites for hydroxylation is 2. The summed E-state index contributed by atoms with van der Waals surface area (Å²) < 4.78 is 17.9. The summed E-state index contributed by atoms with van der Waals surface area (Å²) in [6.45, 7) is 4.64. The number of hydrazone groups is 1. The van der Waals surface area contributed by atoms with Crippen LogP contribution in [0.3, 0.4) is 0 Å². The molecular formula is C23H26N4O4. The third-order valence-electron chi connectivity index (χ3n) is 4.72. The lowest BCUT2D eigenvalue weighted by molar-refractivity contribution is 0.0955. The molecule has 0 aliphatic heterocycles. The van der Waals surface area contributed by atoms with Crippen LogP contribution in [-0.2, 0) is 6.54 Å². The van der Waals surface area contributed by atoms with E-state index in [1.165, 1.54) is 13.3 Å². The van der Waals surface area contributed by atoms with Crippen LogP contribution in [0.2, 0.25) is 0 Å². The molecule has 0 radical (unpaired) electrons. The predicted molar refractivity (Wildman–Crippen MR) is 118 cm³/mol. The molecule has 1 N–H and O–H groups in total. The number of amides is 1. The Bertz CT molecular complexity index is 1060. The molecule has 0 aliphatic rings. The van der Waals surface area contributed by atoms with Crippen molar-refractivity contribution in [1.82, 2.24) is 15.2 Å². The Morgan fingerprint density at radius 2 is 1.68 bits per heavy atom. The van der Waals surface area contributed by atoms with E-state index in [1.807, 2.05) is 36.7 Å². The number of aromatic nitrogens is 2. The molecular weight excluding hydrogens is 396 g/mol. The van der Waals surface area contributed by atoms with E-state index in [4.69, 9.17) is 14.2 Å². The molecule has 31 heavy (non-hydrogen) atoms. The number of benzene rings is 2. The molecule has 0 bridgehead atoms. The molecule has 1 amide bonds. The molecule has 3 aromatic rings. The number of ether oxygens (including phenoxy) is 3. The van der Waals surface area contributed by atoms with Crippen LogP contribution in [0.25, 0.3) is 0 Å². The summed E-state index contributed by atoms with van der Waals surface area (Å²) in [6.07, 6.45) is 1.51. The van der Waals surface area contributed by atoms with Gasteiger partial charge in [0, 0.05) is 16.8 Å². The lowest BCUT2D eigenvalue weighted by Crippen LogP contribution is -2.17. The molecule has 0 aliphatic carbocycles. The molecule has 8 nitrogen and oxygen atoms in total. The van der Waals surface area contributed by atoms with Crippen molar-refractivity contribution in [1.29, 1.82) is 0 Å². The Morgan fingerprint density at radius 1 is 1.03 bits per heavy atom. The fourth-order valence-electron chi connectivity index (χ4n) is 3.18. The molecule has 1 aromatic heterocycles. The minimum Gasteiger partial charge on any atom is -0.493 e. The monoisotopic (exact) mass is 422 g/mol. The van der Waals surface area contributed by atoms with E-state index in [1.54, 1.807) is 38.5 Å².